The second kappa shape index (κ2) is 8.73. The highest BCUT2D eigenvalue weighted by Gasteiger charge is 2.35. The van der Waals surface area contributed by atoms with Crippen LogP contribution in [0.4, 0.5) is 13.2 Å². The molecule has 1 aliphatic rings. The van der Waals surface area contributed by atoms with Crippen molar-refractivity contribution >= 4 is 5.97 Å². The molecule has 0 spiro atoms. The number of halogens is 3. The van der Waals surface area contributed by atoms with Crippen molar-refractivity contribution in [3.05, 3.63) is 59.2 Å². The fourth-order valence-electron chi connectivity index (χ4n) is 3.48. The van der Waals surface area contributed by atoms with E-state index in [1.807, 2.05) is 0 Å². The molecule has 2 atom stereocenters. The van der Waals surface area contributed by atoms with Gasteiger partial charge in [-0.2, -0.15) is 0 Å². The molecule has 0 fully saturated rings. The summed E-state index contributed by atoms with van der Waals surface area (Å²) in [7, 11) is 0. The fourth-order valence-corrected chi connectivity index (χ4v) is 3.48. The summed E-state index contributed by atoms with van der Waals surface area (Å²) >= 11 is 0. The van der Waals surface area contributed by atoms with Gasteiger partial charge < -0.3 is 19.3 Å². The van der Waals surface area contributed by atoms with Crippen molar-refractivity contribution in [1.82, 2.24) is 0 Å². The monoisotopic (exact) mass is 410 g/mol. The van der Waals surface area contributed by atoms with E-state index < -0.39 is 18.4 Å². The smallest absolute Gasteiger partial charge is 0.486 e. The van der Waals surface area contributed by atoms with Crippen LogP contribution in [0.3, 0.4) is 0 Å². The first-order valence-electron chi connectivity index (χ1n) is 9.24. The van der Waals surface area contributed by atoms with Gasteiger partial charge >= 0.3 is 12.3 Å². The number of ether oxygens (including phenoxy) is 3. The number of carbonyl (C=O) groups is 1. The summed E-state index contributed by atoms with van der Waals surface area (Å²) in [6.07, 6.45) is -4.86. The molecule has 0 saturated carbocycles. The minimum Gasteiger partial charge on any atom is -0.486 e. The van der Waals surface area contributed by atoms with Crippen molar-refractivity contribution in [1.29, 1.82) is 0 Å². The third kappa shape index (κ3) is 5.41. The van der Waals surface area contributed by atoms with Gasteiger partial charge in [-0.3, -0.25) is 4.79 Å². The van der Waals surface area contributed by atoms with E-state index >= 15 is 0 Å². The van der Waals surface area contributed by atoms with Crippen molar-refractivity contribution in [2.45, 2.75) is 44.8 Å². The maximum atomic E-state index is 12.6. The number of alkyl halides is 3. The molecule has 0 saturated heterocycles. The van der Waals surface area contributed by atoms with E-state index in [4.69, 9.17) is 14.6 Å². The van der Waals surface area contributed by atoms with Crippen molar-refractivity contribution in [2.75, 3.05) is 6.61 Å². The van der Waals surface area contributed by atoms with Crippen molar-refractivity contribution in [3.63, 3.8) is 0 Å². The van der Waals surface area contributed by atoms with Gasteiger partial charge in [0.05, 0.1) is 12.5 Å². The average Bonchev–Trinajstić information content (AvgIpc) is 3.04. The Morgan fingerprint density at radius 2 is 1.93 bits per heavy atom. The van der Waals surface area contributed by atoms with Crippen LogP contribution in [0.1, 0.15) is 48.7 Å². The highest BCUT2D eigenvalue weighted by atomic mass is 19.4. The molecule has 1 aliphatic carbocycles. The SMILES string of the molecule is CCO[C@@H](CC(=O)O)c1ccc(O[C@@H]2CCc3c(OC(F)(F)F)cccc32)cc1. The Morgan fingerprint density at radius 1 is 1.21 bits per heavy atom. The Bertz CT molecular complexity index is 848. The lowest BCUT2D eigenvalue weighted by Gasteiger charge is -2.18. The lowest BCUT2D eigenvalue weighted by atomic mass is 10.1. The zero-order valence-corrected chi connectivity index (χ0v) is 15.7. The number of hydrogen-bond acceptors (Lipinski definition) is 4. The summed E-state index contributed by atoms with van der Waals surface area (Å²) < 4.78 is 53.3. The maximum absolute atomic E-state index is 12.6. The summed E-state index contributed by atoms with van der Waals surface area (Å²) in [5.74, 6) is -0.604. The Kier molecular flexibility index (Phi) is 6.32. The number of hydrogen-bond donors (Lipinski definition) is 1. The molecule has 0 aliphatic heterocycles. The third-order valence-corrected chi connectivity index (χ3v) is 4.66. The molecule has 2 aromatic carbocycles. The van der Waals surface area contributed by atoms with Gasteiger partial charge in [-0.1, -0.05) is 24.3 Å². The molecule has 1 N–H and O–H groups in total. The number of carboxylic acid groups (broad SMARTS) is 1. The van der Waals surface area contributed by atoms with E-state index in [1.165, 1.54) is 12.1 Å². The average molecular weight is 410 g/mol. The van der Waals surface area contributed by atoms with Gasteiger partial charge in [0.15, 0.2) is 0 Å². The van der Waals surface area contributed by atoms with Crippen LogP contribution in [0.25, 0.3) is 0 Å². The van der Waals surface area contributed by atoms with Crippen LogP contribution in [0.2, 0.25) is 0 Å². The Labute approximate surface area is 166 Å². The zero-order chi connectivity index (χ0) is 21.0. The number of benzene rings is 2. The maximum Gasteiger partial charge on any atom is 0.573 e. The van der Waals surface area contributed by atoms with Crippen LogP contribution in [0, 0.1) is 0 Å². The quantitative estimate of drug-likeness (QED) is 0.648. The van der Waals surface area contributed by atoms with Crippen LogP contribution in [0.5, 0.6) is 11.5 Å². The molecular formula is C21H21F3O5. The second-order valence-corrected chi connectivity index (χ2v) is 6.63. The first kappa shape index (κ1) is 21.0. The Balaban J connectivity index is 1.73. The van der Waals surface area contributed by atoms with Crippen LogP contribution in [-0.4, -0.2) is 24.0 Å². The summed E-state index contributed by atoms with van der Waals surface area (Å²) in [5, 5.41) is 9.02. The second-order valence-electron chi connectivity index (χ2n) is 6.63. The molecule has 0 amide bonds. The van der Waals surface area contributed by atoms with Crippen LogP contribution < -0.4 is 9.47 Å². The zero-order valence-electron chi connectivity index (χ0n) is 15.7. The predicted molar refractivity (Wildman–Crippen MR) is 97.9 cm³/mol. The molecule has 8 heteroatoms. The molecule has 0 heterocycles. The van der Waals surface area contributed by atoms with Crippen molar-refractivity contribution in [2.24, 2.45) is 0 Å². The van der Waals surface area contributed by atoms with Crippen molar-refractivity contribution < 1.29 is 37.3 Å². The summed E-state index contributed by atoms with van der Waals surface area (Å²) in [5.41, 5.74) is 1.90. The van der Waals surface area contributed by atoms with E-state index in [2.05, 4.69) is 4.74 Å². The first-order chi connectivity index (χ1) is 13.8. The molecule has 5 nitrogen and oxygen atoms in total. The van der Waals surface area contributed by atoms with E-state index in [0.29, 0.717) is 41.9 Å². The van der Waals surface area contributed by atoms with Gasteiger partial charge in [0, 0.05) is 12.2 Å². The topological polar surface area (TPSA) is 65.0 Å². The van der Waals surface area contributed by atoms with Crippen LogP contribution in [-0.2, 0) is 16.0 Å². The number of aliphatic carboxylic acids is 1. The van der Waals surface area contributed by atoms with Crippen LogP contribution >= 0.6 is 0 Å². The first-order valence-corrected chi connectivity index (χ1v) is 9.24. The molecule has 156 valence electrons. The summed E-state index contributed by atoms with van der Waals surface area (Å²) in [4.78, 5) is 11.0. The molecule has 3 rings (SSSR count). The Morgan fingerprint density at radius 3 is 2.55 bits per heavy atom. The van der Waals surface area contributed by atoms with E-state index in [9.17, 15) is 18.0 Å². The third-order valence-electron chi connectivity index (χ3n) is 4.66. The van der Waals surface area contributed by atoms with E-state index in [0.717, 1.165) is 0 Å². The highest BCUT2D eigenvalue weighted by Crippen LogP contribution is 2.41. The molecule has 0 bridgehead atoms. The molecule has 0 radical (unpaired) electrons. The van der Waals surface area contributed by atoms with Crippen LogP contribution in [0.15, 0.2) is 42.5 Å². The van der Waals surface area contributed by atoms with Gasteiger partial charge in [-0.25, -0.2) is 0 Å². The van der Waals surface area contributed by atoms with Gasteiger partial charge in [-0.15, -0.1) is 13.2 Å². The largest absolute Gasteiger partial charge is 0.573 e. The minimum atomic E-state index is -4.74. The number of carboxylic acids is 1. The molecular weight excluding hydrogens is 389 g/mol. The van der Waals surface area contributed by atoms with Gasteiger partial charge in [0.2, 0.25) is 0 Å². The number of fused-ring (bicyclic) bond motifs is 1. The normalized spacial score (nSPS) is 16.9. The summed E-state index contributed by atoms with van der Waals surface area (Å²) in [6, 6.07) is 11.4. The highest BCUT2D eigenvalue weighted by molar-refractivity contribution is 5.67. The lowest BCUT2D eigenvalue weighted by molar-refractivity contribution is -0.274. The molecule has 29 heavy (non-hydrogen) atoms. The Hall–Kier alpha value is -2.74. The molecule has 2 aromatic rings. The summed E-state index contributed by atoms with van der Waals surface area (Å²) in [6.45, 7) is 2.18. The fraction of sp³-hybridized carbons (Fsp3) is 0.381. The lowest BCUT2D eigenvalue weighted by Crippen LogP contribution is -2.18. The van der Waals surface area contributed by atoms with E-state index in [-0.39, 0.29) is 18.3 Å². The van der Waals surface area contributed by atoms with Gasteiger partial charge in [-0.05, 0) is 49.1 Å². The van der Waals surface area contributed by atoms with E-state index in [1.54, 1.807) is 37.3 Å². The minimum absolute atomic E-state index is 0.147. The van der Waals surface area contributed by atoms with Crippen molar-refractivity contribution in [3.8, 4) is 11.5 Å². The van der Waals surface area contributed by atoms with Gasteiger partial charge in [0.25, 0.3) is 0 Å². The van der Waals surface area contributed by atoms with Gasteiger partial charge in [0.1, 0.15) is 17.6 Å². The molecule has 0 unspecified atom stereocenters. The number of rotatable bonds is 8. The standard InChI is InChI=1S/C21H21F3O5/c1-2-27-19(12-20(25)26)13-6-8-14(9-7-13)28-17-11-10-16-15(17)4-3-5-18(16)29-21(22,23)24/h3-9,17,19H,2,10-12H2,1H3,(H,25,26)/t17-,19+/m1/s1. The molecule has 0 aromatic heterocycles. The predicted octanol–water partition coefficient (Wildman–Crippen LogP) is 5.20.